The third-order valence-corrected chi connectivity index (χ3v) is 6.86. The molecule has 0 aliphatic heterocycles. The molecule has 0 saturated heterocycles. The summed E-state index contributed by atoms with van der Waals surface area (Å²) in [6.45, 7) is 1.70. The molecule has 0 saturated carbocycles. The predicted molar refractivity (Wildman–Crippen MR) is 137 cm³/mol. The first kappa shape index (κ1) is 22.9. The Bertz CT molecular complexity index is 1360. The summed E-state index contributed by atoms with van der Waals surface area (Å²) in [5.41, 5.74) is 8.83. The standard InChI is InChI=1S/C29H29N3O3/c33-24-10-5-21(6-11-24)19-32(16-15-23-18-30-27-4-2-1-3-25(23)27)28-13-9-22-17-20(7-12-26(22)28)8-14-29(34)31-35/h1-8,10-12,14,17-18,28,30,33,35H,9,13,15-16,19H2,(H,31,34)/t28-/m1/s1. The highest BCUT2D eigenvalue weighted by Crippen LogP contribution is 2.37. The maximum Gasteiger partial charge on any atom is 0.267 e. The van der Waals surface area contributed by atoms with Gasteiger partial charge >= 0.3 is 0 Å². The van der Waals surface area contributed by atoms with Crippen molar-refractivity contribution in [2.75, 3.05) is 6.54 Å². The number of H-pyrrole nitrogens is 1. The topological polar surface area (TPSA) is 88.6 Å². The molecule has 0 radical (unpaired) electrons. The fourth-order valence-electron chi connectivity index (χ4n) is 5.09. The van der Waals surface area contributed by atoms with Gasteiger partial charge in [-0.25, -0.2) is 5.48 Å². The predicted octanol–water partition coefficient (Wildman–Crippen LogP) is 5.12. The Kier molecular flexibility index (Phi) is 6.66. The maximum atomic E-state index is 11.3. The second-order valence-electron chi connectivity index (χ2n) is 9.07. The Hall–Kier alpha value is -3.87. The van der Waals surface area contributed by atoms with Gasteiger partial charge in [-0.1, -0.05) is 48.5 Å². The zero-order chi connectivity index (χ0) is 24.2. The van der Waals surface area contributed by atoms with E-state index in [4.69, 9.17) is 5.21 Å². The minimum absolute atomic E-state index is 0.278. The number of carbonyl (C=O) groups excluding carboxylic acids is 1. The van der Waals surface area contributed by atoms with Crippen molar-refractivity contribution in [3.63, 3.8) is 0 Å². The summed E-state index contributed by atoms with van der Waals surface area (Å²) in [6, 6.07) is 22.5. The average molecular weight is 468 g/mol. The third-order valence-electron chi connectivity index (χ3n) is 6.86. The number of fused-ring (bicyclic) bond motifs is 2. The van der Waals surface area contributed by atoms with Gasteiger partial charge in [-0.2, -0.15) is 0 Å². The number of amides is 1. The summed E-state index contributed by atoms with van der Waals surface area (Å²) in [7, 11) is 0. The highest BCUT2D eigenvalue weighted by Gasteiger charge is 2.28. The van der Waals surface area contributed by atoms with Crippen LogP contribution in [0, 0.1) is 0 Å². The van der Waals surface area contributed by atoms with Crippen LogP contribution < -0.4 is 5.48 Å². The smallest absolute Gasteiger partial charge is 0.267 e. The van der Waals surface area contributed by atoms with Gasteiger partial charge in [0.15, 0.2) is 0 Å². The molecule has 1 aliphatic carbocycles. The number of para-hydroxylation sites is 1. The van der Waals surface area contributed by atoms with Gasteiger partial charge in [-0.15, -0.1) is 0 Å². The molecule has 1 amide bonds. The van der Waals surface area contributed by atoms with E-state index < -0.39 is 5.91 Å². The third kappa shape index (κ3) is 5.14. The molecule has 4 aromatic rings. The number of hydroxylamine groups is 1. The van der Waals surface area contributed by atoms with Gasteiger partial charge in [-0.3, -0.25) is 14.9 Å². The van der Waals surface area contributed by atoms with Crippen LogP contribution in [0.4, 0.5) is 0 Å². The largest absolute Gasteiger partial charge is 0.508 e. The first-order valence-corrected chi connectivity index (χ1v) is 11.9. The van der Waals surface area contributed by atoms with Crippen molar-refractivity contribution in [2.24, 2.45) is 0 Å². The summed E-state index contributed by atoms with van der Waals surface area (Å²) in [5, 5.41) is 19.7. The van der Waals surface area contributed by atoms with Gasteiger partial charge < -0.3 is 10.1 Å². The summed E-state index contributed by atoms with van der Waals surface area (Å²) in [4.78, 5) is 17.3. The van der Waals surface area contributed by atoms with Crippen LogP contribution in [0.1, 0.15) is 40.3 Å². The summed E-state index contributed by atoms with van der Waals surface area (Å²) in [5.74, 6) is -0.263. The van der Waals surface area contributed by atoms with Gasteiger partial charge in [0.25, 0.3) is 5.91 Å². The van der Waals surface area contributed by atoms with Gasteiger partial charge in [-0.05, 0) is 71.4 Å². The van der Waals surface area contributed by atoms with Crippen molar-refractivity contribution in [1.82, 2.24) is 15.4 Å². The summed E-state index contributed by atoms with van der Waals surface area (Å²) in [6.07, 6.45) is 8.10. The number of nitrogens with one attached hydrogen (secondary N) is 2. The Morgan fingerprint density at radius 2 is 1.94 bits per heavy atom. The lowest BCUT2D eigenvalue weighted by Crippen LogP contribution is -2.29. The Morgan fingerprint density at radius 3 is 2.77 bits per heavy atom. The number of benzene rings is 3. The second-order valence-corrected chi connectivity index (χ2v) is 9.07. The van der Waals surface area contributed by atoms with Crippen molar-refractivity contribution < 1.29 is 15.1 Å². The molecule has 0 spiro atoms. The summed E-state index contributed by atoms with van der Waals surface area (Å²) < 4.78 is 0. The Labute approximate surface area is 204 Å². The summed E-state index contributed by atoms with van der Waals surface area (Å²) >= 11 is 0. The number of aromatic hydroxyl groups is 1. The number of phenols is 1. The van der Waals surface area contributed by atoms with Crippen LogP contribution in [0.5, 0.6) is 5.75 Å². The zero-order valence-electron chi connectivity index (χ0n) is 19.4. The molecule has 1 aromatic heterocycles. The zero-order valence-corrected chi connectivity index (χ0v) is 19.4. The lowest BCUT2D eigenvalue weighted by atomic mass is 10.0. The molecule has 4 N–H and O–H groups in total. The van der Waals surface area contributed by atoms with Gasteiger partial charge in [0.2, 0.25) is 0 Å². The highest BCUT2D eigenvalue weighted by molar-refractivity contribution is 5.90. The molecule has 178 valence electrons. The molecule has 5 rings (SSSR count). The number of aromatic amines is 1. The van der Waals surface area contributed by atoms with E-state index in [9.17, 15) is 9.90 Å². The first-order chi connectivity index (χ1) is 17.1. The van der Waals surface area contributed by atoms with Crippen molar-refractivity contribution >= 4 is 22.9 Å². The van der Waals surface area contributed by atoms with Crippen molar-refractivity contribution in [1.29, 1.82) is 0 Å². The fraction of sp³-hybridized carbons (Fsp3) is 0.207. The number of phenolic OH excluding ortho intramolecular Hbond substituents is 1. The van der Waals surface area contributed by atoms with Crippen LogP contribution >= 0.6 is 0 Å². The van der Waals surface area contributed by atoms with Crippen LogP contribution in [0.2, 0.25) is 0 Å². The molecule has 1 atom stereocenters. The van der Waals surface area contributed by atoms with Crippen molar-refractivity contribution in [3.8, 4) is 5.75 Å². The lowest BCUT2D eigenvalue weighted by molar-refractivity contribution is -0.124. The number of carbonyl (C=O) groups is 1. The van der Waals surface area contributed by atoms with Crippen LogP contribution in [0.15, 0.2) is 79.0 Å². The van der Waals surface area contributed by atoms with Gasteiger partial charge in [0.05, 0.1) is 0 Å². The highest BCUT2D eigenvalue weighted by atomic mass is 16.5. The number of hydrogen-bond donors (Lipinski definition) is 4. The van der Waals surface area contributed by atoms with E-state index in [0.29, 0.717) is 6.04 Å². The van der Waals surface area contributed by atoms with Crippen LogP contribution in [-0.4, -0.2) is 32.6 Å². The van der Waals surface area contributed by atoms with E-state index in [1.54, 1.807) is 23.7 Å². The molecule has 6 heteroatoms. The van der Waals surface area contributed by atoms with E-state index >= 15 is 0 Å². The van der Waals surface area contributed by atoms with E-state index in [2.05, 4.69) is 52.5 Å². The minimum atomic E-state index is -0.541. The number of aryl methyl sites for hydroxylation is 1. The van der Waals surface area contributed by atoms with Crippen molar-refractivity contribution in [2.45, 2.75) is 31.8 Å². The Balaban J connectivity index is 1.39. The van der Waals surface area contributed by atoms with Gasteiger partial charge in [0, 0.05) is 42.3 Å². The molecular formula is C29H29N3O3. The molecule has 6 nitrogen and oxygen atoms in total. The van der Waals surface area contributed by atoms with E-state index in [0.717, 1.165) is 43.4 Å². The van der Waals surface area contributed by atoms with Gasteiger partial charge in [0.1, 0.15) is 5.75 Å². The molecule has 35 heavy (non-hydrogen) atoms. The molecule has 1 heterocycles. The number of hydrogen-bond acceptors (Lipinski definition) is 4. The number of aromatic nitrogens is 1. The fourth-order valence-corrected chi connectivity index (χ4v) is 5.09. The van der Waals surface area contributed by atoms with Crippen LogP contribution in [0.25, 0.3) is 17.0 Å². The quantitative estimate of drug-likeness (QED) is 0.164. The van der Waals surface area contributed by atoms with E-state index in [-0.39, 0.29) is 5.75 Å². The normalized spacial score (nSPS) is 15.2. The van der Waals surface area contributed by atoms with Crippen molar-refractivity contribution in [3.05, 3.63) is 107 Å². The number of rotatable bonds is 8. The molecule has 1 aliphatic rings. The van der Waals surface area contributed by atoms with Crippen LogP contribution in [-0.2, 0) is 24.2 Å². The monoisotopic (exact) mass is 467 g/mol. The second kappa shape index (κ2) is 10.2. The Morgan fingerprint density at radius 1 is 1.11 bits per heavy atom. The SMILES string of the molecule is O=C(C=Cc1ccc2c(c1)CC[C@H]2N(CCc1c[nH]c2ccccc12)Cc1ccc(O)cc1)NO. The van der Waals surface area contributed by atoms with E-state index in [1.165, 1.54) is 33.7 Å². The lowest BCUT2D eigenvalue weighted by Gasteiger charge is -2.30. The van der Waals surface area contributed by atoms with E-state index in [1.807, 2.05) is 18.2 Å². The average Bonchev–Trinajstić information content (AvgIpc) is 3.50. The number of nitrogens with zero attached hydrogens (tertiary/aromatic N) is 1. The first-order valence-electron chi connectivity index (χ1n) is 11.9. The van der Waals surface area contributed by atoms with Crippen LogP contribution in [0.3, 0.4) is 0 Å². The maximum absolute atomic E-state index is 11.3. The molecule has 0 bridgehead atoms. The minimum Gasteiger partial charge on any atom is -0.508 e. The molecular weight excluding hydrogens is 438 g/mol. The molecule has 3 aromatic carbocycles. The molecule has 0 unspecified atom stereocenters. The molecule has 0 fully saturated rings.